The Morgan fingerprint density at radius 3 is 2.83 bits per heavy atom. The third-order valence-electron chi connectivity index (χ3n) is 2.64. The van der Waals surface area contributed by atoms with Gasteiger partial charge >= 0.3 is 0 Å². The van der Waals surface area contributed by atoms with Gasteiger partial charge in [-0.05, 0) is 24.3 Å². The number of para-hydroxylation sites is 1. The molecule has 0 fully saturated rings. The molecule has 0 aliphatic heterocycles. The van der Waals surface area contributed by atoms with Gasteiger partial charge in [-0.15, -0.1) is 0 Å². The molecule has 1 N–H and O–H groups in total. The van der Waals surface area contributed by atoms with Crippen LogP contribution in [0.4, 0.5) is 0 Å². The van der Waals surface area contributed by atoms with Gasteiger partial charge in [0.05, 0.1) is 12.8 Å². The molecule has 0 unspecified atom stereocenters. The molecule has 0 radical (unpaired) electrons. The van der Waals surface area contributed by atoms with Crippen LogP contribution in [0, 0.1) is 0 Å². The summed E-state index contributed by atoms with van der Waals surface area (Å²) < 4.78 is 10.6. The van der Waals surface area contributed by atoms with E-state index in [0.29, 0.717) is 12.3 Å². The third-order valence-corrected chi connectivity index (χ3v) is 2.64. The van der Waals surface area contributed by atoms with Crippen LogP contribution < -0.4 is 5.32 Å². The number of amides is 1. The van der Waals surface area contributed by atoms with Crippen LogP contribution in [0.3, 0.4) is 0 Å². The van der Waals surface area contributed by atoms with Crippen LogP contribution in [0.15, 0.2) is 57.6 Å². The molecule has 0 aliphatic carbocycles. The summed E-state index contributed by atoms with van der Waals surface area (Å²) >= 11 is 0. The highest BCUT2D eigenvalue weighted by molar-refractivity contribution is 5.91. The van der Waals surface area contributed by atoms with Crippen molar-refractivity contribution in [2.75, 3.05) is 0 Å². The molecular formula is C14H11NO3. The predicted molar refractivity (Wildman–Crippen MR) is 66.1 cm³/mol. The second kappa shape index (κ2) is 4.41. The van der Waals surface area contributed by atoms with E-state index in [9.17, 15) is 4.79 Å². The molecule has 1 amide bonds. The number of hydrogen-bond acceptors (Lipinski definition) is 3. The molecule has 2 aromatic heterocycles. The van der Waals surface area contributed by atoms with Crippen molar-refractivity contribution < 1.29 is 13.6 Å². The lowest BCUT2D eigenvalue weighted by atomic mass is 10.2. The molecule has 0 spiro atoms. The number of benzene rings is 1. The molecule has 3 aromatic rings. The summed E-state index contributed by atoms with van der Waals surface area (Å²) in [6, 6.07) is 12.9. The maximum Gasteiger partial charge on any atom is 0.287 e. The summed E-state index contributed by atoms with van der Waals surface area (Å²) in [6.07, 6.45) is 1.47. The first-order chi connectivity index (χ1) is 8.83. The van der Waals surface area contributed by atoms with Crippen LogP contribution >= 0.6 is 0 Å². The predicted octanol–water partition coefficient (Wildman–Crippen LogP) is 2.96. The van der Waals surface area contributed by atoms with Gasteiger partial charge in [-0.3, -0.25) is 4.79 Å². The summed E-state index contributed by atoms with van der Waals surface area (Å²) in [7, 11) is 0. The summed E-state index contributed by atoms with van der Waals surface area (Å²) in [5, 5.41) is 3.76. The zero-order valence-corrected chi connectivity index (χ0v) is 9.55. The zero-order chi connectivity index (χ0) is 12.4. The largest absolute Gasteiger partial charge is 0.459 e. The minimum atomic E-state index is -0.250. The van der Waals surface area contributed by atoms with Gasteiger partial charge in [-0.25, -0.2) is 0 Å². The van der Waals surface area contributed by atoms with Crippen LogP contribution in [-0.2, 0) is 6.54 Å². The number of fused-ring (bicyclic) bond motifs is 1. The second-order valence-electron chi connectivity index (χ2n) is 3.91. The Hall–Kier alpha value is -2.49. The summed E-state index contributed by atoms with van der Waals surface area (Å²) in [5.41, 5.74) is 0.819. The van der Waals surface area contributed by atoms with Gasteiger partial charge in [-0.1, -0.05) is 18.2 Å². The monoisotopic (exact) mass is 241 g/mol. The van der Waals surface area contributed by atoms with E-state index in [1.807, 2.05) is 30.3 Å². The summed E-state index contributed by atoms with van der Waals surface area (Å²) in [4.78, 5) is 11.6. The zero-order valence-electron chi connectivity index (χ0n) is 9.55. The molecule has 2 heterocycles. The van der Waals surface area contributed by atoms with Crippen molar-refractivity contribution in [3.8, 4) is 0 Å². The fourth-order valence-electron chi connectivity index (χ4n) is 1.79. The van der Waals surface area contributed by atoms with Crippen LogP contribution in [0.25, 0.3) is 11.0 Å². The molecule has 3 rings (SSSR count). The number of nitrogens with one attached hydrogen (secondary N) is 1. The van der Waals surface area contributed by atoms with E-state index in [4.69, 9.17) is 8.83 Å². The van der Waals surface area contributed by atoms with Crippen molar-refractivity contribution in [3.05, 3.63) is 60.2 Å². The number of rotatable bonds is 3. The average Bonchev–Trinajstić information content (AvgIpc) is 3.04. The molecule has 0 saturated heterocycles. The van der Waals surface area contributed by atoms with Crippen molar-refractivity contribution >= 4 is 16.9 Å². The maximum absolute atomic E-state index is 11.6. The molecule has 4 heteroatoms. The number of carbonyl (C=O) groups excluding carboxylic acids is 1. The molecular weight excluding hydrogens is 230 g/mol. The van der Waals surface area contributed by atoms with E-state index in [1.165, 1.54) is 6.26 Å². The Morgan fingerprint density at radius 2 is 2.06 bits per heavy atom. The van der Waals surface area contributed by atoms with Crippen molar-refractivity contribution in [1.82, 2.24) is 5.32 Å². The summed E-state index contributed by atoms with van der Waals surface area (Å²) in [6.45, 7) is 0.341. The lowest BCUT2D eigenvalue weighted by molar-refractivity contribution is 0.0920. The third kappa shape index (κ3) is 2.00. The highest BCUT2D eigenvalue weighted by Gasteiger charge is 2.09. The van der Waals surface area contributed by atoms with Gasteiger partial charge in [0.25, 0.3) is 5.91 Å². The van der Waals surface area contributed by atoms with Crippen molar-refractivity contribution in [2.45, 2.75) is 6.54 Å². The minimum absolute atomic E-state index is 0.250. The molecule has 0 atom stereocenters. The van der Waals surface area contributed by atoms with Crippen LogP contribution in [0.2, 0.25) is 0 Å². The van der Waals surface area contributed by atoms with Crippen molar-refractivity contribution in [3.63, 3.8) is 0 Å². The Labute approximate surface area is 103 Å². The Balaban J connectivity index is 1.71. The van der Waals surface area contributed by atoms with E-state index >= 15 is 0 Å². The fraction of sp³-hybridized carbons (Fsp3) is 0.0714. The van der Waals surface area contributed by atoms with Gasteiger partial charge in [0, 0.05) is 5.39 Å². The molecule has 18 heavy (non-hydrogen) atoms. The van der Waals surface area contributed by atoms with Crippen LogP contribution in [0.5, 0.6) is 0 Å². The first-order valence-electron chi connectivity index (χ1n) is 5.62. The first-order valence-corrected chi connectivity index (χ1v) is 5.62. The van der Waals surface area contributed by atoms with Crippen LogP contribution in [0.1, 0.15) is 16.3 Å². The SMILES string of the molecule is O=C(NCc1cc2ccccc2o1)c1ccco1. The Kier molecular flexibility index (Phi) is 2.61. The van der Waals surface area contributed by atoms with E-state index in [1.54, 1.807) is 12.1 Å². The van der Waals surface area contributed by atoms with E-state index in [-0.39, 0.29) is 5.91 Å². The molecule has 0 bridgehead atoms. The van der Waals surface area contributed by atoms with Crippen molar-refractivity contribution in [1.29, 1.82) is 0 Å². The Bertz CT molecular complexity index is 634. The topological polar surface area (TPSA) is 55.4 Å². The lowest BCUT2D eigenvalue weighted by Gasteiger charge is -1.99. The summed E-state index contributed by atoms with van der Waals surface area (Å²) in [5.74, 6) is 0.766. The maximum atomic E-state index is 11.6. The minimum Gasteiger partial charge on any atom is -0.459 e. The van der Waals surface area contributed by atoms with E-state index in [2.05, 4.69) is 5.32 Å². The van der Waals surface area contributed by atoms with Gasteiger partial charge in [0.2, 0.25) is 0 Å². The molecule has 4 nitrogen and oxygen atoms in total. The molecule has 0 aliphatic rings. The normalized spacial score (nSPS) is 10.7. The average molecular weight is 241 g/mol. The number of furan rings is 2. The number of carbonyl (C=O) groups is 1. The molecule has 0 saturated carbocycles. The van der Waals surface area contributed by atoms with Gasteiger partial charge in [-0.2, -0.15) is 0 Å². The van der Waals surface area contributed by atoms with E-state index in [0.717, 1.165) is 16.7 Å². The standard InChI is InChI=1S/C14H11NO3/c16-14(13-6-3-7-17-13)15-9-11-8-10-4-1-2-5-12(10)18-11/h1-8H,9H2,(H,15,16). The second-order valence-corrected chi connectivity index (χ2v) is 3.91. The highest BCUT2D eigenvalue weighted by atomic mass is 16.3. The van der Waals surface area contributed by atoms with Crippen LogP contribution in [-0.4, -0.2) is 5.91 Å². The van der Waals surface area contributed by atoms with Crippen molar-refractivity contribution in [2.24, 2.45) is 0 Å². The van der Waals surface area contributed by atoms with Gasteiger partial charge < -0.3 is 14.2 Å². The fourth-order valence-corrected chi connectivity index (χ4v) is 1.79. The Morgan fingerprint density at radius 1 is 1.17 bits per heavy atom. The number of hydrogen-bond donors (Lipinski definition) is 1. The van der Waals surface area contributed by atoms with Gasteiger partial charge in [0.15, 0.2) is 5.76 Å². The smallest absolute Gasteiger partial charge is 0.287 e. The highest BCUT2D eigenvalue weighted by Crippen LogP contribution is 2.18. The lowest BCUT2D eigenvalue weighted by Crippen LogP contribution is -2.21. The quantitative estimate of drug-likeness (QED) is 0.767. The van der Waals surface area contributed by atoms with Gasteiger partial charge in [0.1, 0.15) is 11.3 Å². The molecule has 90 valence electrons. The first kappa shape index (κ1) is 10.7. The van der Waals surface area contributed by atoms with E-state index < -0.39 is 0 Å². The molecule has 1 aromatic carbocycles.